The molecule has 3 fully saturated rings. The van der Waals surface area contributed by atoms with Gasteiger partial charge in [-0.25, -0.2) is 9.79 Å². The number of likely N-dealkylation sites (tertiary alicyclic amines) is 2. The lowest BCUT2D eigenvalue weighted by Gasteiger charge is -2.31. The highest BCUT2D eigenvalue weighted by Crippen LogP contribution is 2.28. The maximum absolute atomic E-state index is 14.8. The van der Waals surface area contributed by atoms with Crippen LogP contribution in [0.3, 0.4) is 0 Å². The number of nitrogens with two attached hydrogens (primary N) is 1. The quantitative estimate of drug-likeness (QED) is 0.0329. The molecule has 3 aliphatic heterocycles. The molecule has 0 saturated carbocycles. The van der Waals surface area contributed by atoms with E-state index >= 15 is 0 Å². The highest BCUT2D eigenvalue weighted by molar-refractivity contribution is 7.98. The fourth-order valence-electron chi connectivity index (χ4n) is 13.3. The summed E-state index contributed by atoms with van der Waals surface area (Å²) in [7, 11) is 0. The van der Waals surface area contributed by atoms with Gasteiger partial charge < -0.3 is 87.2 Å². The molecule has 0 bridgehead atoms. The second-order valence-corrected chi connectivity index (χ2v) is 31.1. The smallest absolute Gasteiger partial charge is 0.327 e. The molecule has 9 atom stereocenters. The summed E-state index contributed by atoms with van der Waals surface area (Å²) in [6, 6.07) is 8.18. The summed E-state index contributed by atoms with van der Waals surface area (Å²) in [5.41, 5.74) is 7.93. The van der Waals surface area contributed by atoms with Gasteiger partial charge in [0.15, 0.2) is 0 Å². The first-order valence-electron chi connectivity index (χ1n) is 40.1. The average molecular weight is 1680 g/mol. The molecule has 2 aromatic rings. The predicted octanol–water partition coefficient (Wildman–Crippen LogP) is 1.37. The van der Waals surface area contributed by atoms with Crippen LogP contribution in [0.15, 0.2) is 59.6 Å². The molecule has 3 aliphatic rings. The zero-order valence-electron chi connectivity index (χ0n) is 67.2. The Balaban J connectivity index is 1.06. The number of unbranched alkanes of at least 4 members (excludes halogenated alkanes) is 1. The minimum absolute atomic E-state index is 0.00541. The molecule has 36 nitrogen and oxygen atoms in total. The van der Waals surface area contributed by atoms with Crippen molar-refractivity contribution in [3.05, 3.63) is 71.3 Å². The number of aliphatic imine (C=N–C) groups is 1. The zero-order valence-corrected chi connectivity index (χ0v) is 68.8. The van der Waals surface area contributed by atoms with Gasteiger partial charge >= 0.3 is 29.8 Å². The average Bonchev–Trinajstić information content (AvgIpc) is 1.66. The Morgan fingerprint density at radius 3 is 1.62 bits per heavy atom. The Hall–Kier alpha value is -9.18. The number of nitrogens with one attached hydrogen (secondary N) is 6. The second kappa shape index (κ2) is 54.7. The van der Waals surface area contributed by atoms with Gasteiger partial charge in [0, 0.05) is 146 Å². The van der Waals surface area contributed by atoms with Crippen LogP contribution < -0.4 is 37.6 Å². The predicted molar refractivity (Wildman–Crippen MR) is 433 cm³/mol. The number of hydrogen-bond acceptors (Lipinski definition) is 23. The fourth-order valence-corrected chi connectivity index (χ4v) is 15.3. The highest BCUT2D eigenvalue weighted by atomic mass is 32.2. The Morgan fingerprint density at radius 1 is 0.530 bits per heavy atom. The first-order chi connectivity index (χ1) is 56.1. The van der Waals surface area contributed by atoms with E-state index in [1.54, 1.807) is 58.9 Å². The summed E-state index contributed by atoms with van der Waals surface area (Å²) in [4.78, 5) is 206. The van der Waals surface area contributed by atoms with E-state index in [0.717, 1.165) is 11.1 Å². The number of benzene rings is 2. The van der Waals surface area contributed by atoms with Crippen LogP contribution in [0.2, 0.25) is 0 Å². The standard InChI is InChI=1S/C79H119N13O23S2/c1-4-6-19-58(84-67(95)26-25-66(94)82-29-14-39-114-41-43-115-42-40-113-38-13-28-81-65(93)24-23-64(79(111)112)90-36-34-88(47-69(98)99)32-33-89(35-37-90)48-70(100)101)73(104)83-46-57(76(107)92-31-12-21-63(92)77(108)91-30-11-20-62(91)71(80)102)51-116-49-55-17-10-18-56(44-55)50-117-52-61(78(109)110)87-75(106)60(45-54-15-8-7-9-16-54)86-74(105)59(22-27-68(96)97)85-72(103)53(3)5-2/h7-10,15-18,44,46,53,57-64H,4-6,11-14,19-43,45,47-52H2,1-3H3,(H2,80,102)(H,81,93)(H,82,94)(H,84,95)(H,85,103)(H,86,105)(H,87,106)(H,96,97)(H,98,99)(H,100,101)(H,109,110)(H,111,112)/t53-,57?,58-,59-,60-,61?,62-,63-,64?/m0/s1. The van der Waals surface area contributed by atoms with E-state index in [0.29, 0.717) is 108 Å². The summed E-state index contributed by atoms with van der Waals surface area (Å²) in [5.74, 6) is -12.4. The number of carbonyl (C=O) groups is 15. The van der Waals surface area contributed by atoms with Gasteiger partial charge in [-0.15, -0.1) is 0 Å². The molecule has 2 aromatic carbocycles. The lowest BCUT2D eigenvalue weighted by atomic mass is 10.0. The maximum Gasteiger partial charge on any atom is 0.327 e. The number of ether oxygens (including phenoxy) is 3. The number of amides is 10. The Labute approximate surface area is 690 Å². The number of hydrogen-bond donors (Lipinski definition) is 12. The summed E-state index contributed by atoms with van der Waals surface area (Å²) in [5, 5.41) is 64.5. The molecule has 3 heterocycles. The molecule has 0 aliphatic carbocycles. The van der Waals surface area contributed by atoms with E-state index in [2.05, 4.69) is 36.9 Å². The fraction of sp³-hybridized carbons (Fsp3) is 0.646. The van der Waals surface area contributed by atoms with Gasteiger partial charge in [-0.1, -0.05) is 88.2 Å². The summed E-state index contributed by atoms with van der Waals surface area (Å²) in [6.07, 6.45) is 4.56. The summed E-state index contributed by atoms with van der Waals surface area (Å²) >= 11 is 2.57. The van der Waals surface area contributed by atoms with E-state index in [-0.39, 0.29) is 148 Å². The van der Waals surface area contributed by atoms with Crippen molar-refractivity contribution in [1.82, 2.24) is 56.4 Å². The monoisotopic (exact) mass is 1680 g/mol. The first-order valence-corrected chi connectivity index (χ1v) is 42.4. The molecule has 5 rings (SSSR count). The van der Waals surface area contributed by atoms with Crippen LogP contribution in [0.25, 0.3) is 0 Å². The molecule has 0 spiro atoms. The van der Waals surface area contributed by atoms with Gasteiger partial charge in [0.05, 0.1) is 45.4 Å². The molecule has 650 valence electrons. The van der Waals surface area contributed by atoms with Gasteiger partial charge in [-0.05, 0) is 80.9 Å². The number of nitrogens with zero attached hydrogens (tertiary/aromatic N) is 6. The topological polar surface area (TPSA) is 512 Å². The van der Waals surface area contributed by atoms with Crippen molar-refractivity contribution >= 4 is 119 Å². The zero-order chi connectivity index (χ0) is 85.6. The Morgan fingerprint density at radius 2 is 1.06 bits per heavy atom. The third-order valence-corrected chi connectivity index (χ3v) is 22.2. The largest absolute Gasteiger partial charge is 0.481 e. The van der Waals surface area contributed by atoms with E-state index in [9.17, 15) is 97.5 Å². The van der Waals surface area contributed by atoms with Crippen molar-refractivity contribution in [2.24, 2.45) is 22.6 Å². The molecule has 38 heteroatoms. The third-order valence-electron chi connectivity index (χ3n) is 20.0. The summed E-state index contributed by atoms with van der Waals surface area (Å²) < 4.78 is 16.8. The Kier molecular flexibility index (Phi) is 46.0. The van der Waals surface area contributed by atoms with Gasteiger partial charge in [0.2, 0.25) is 53.2 Å². The molecule has 3 unspecified atom stereocenters. The van der Waals surface area contributed by atoms with Crippen LogP contribution in [-0.2, 0) is 104 Å². The number of rotatable bonds is 56. The molecule has 3 saturated heterocycles. The molecule has 117 heavy (non-hydrogen) atoms. The van der Waals surface area contributed by atoms with Crippen LogP contribution in [0.5, 0.6) is 0 Å². The minimum Gasteiger partial charge on any atom is -0.481 e. The molecule has 0 radical (unpaired) electrons. The van der Waals surface area contributed by atoms with Crippen molar-refractivity contribution in [2.75, 3.05) is 130 Å². The number of carbonyl (C=O) groups excluding carboxylic acids is 10. The number of aliphatic carboxylic acids is 5. The molecule has 0 aromatic heterocycles. The van der Waals surface area contributed by atoms with Crippen LogP contribution in [-0.4, -0.2) is 317 Å². The van der Waals surface area contributed by atoms with Crippen molar-refractivity contribution in [1.29, 1.82) is 0 Å². The van der Waals surface area contributed by atoms with E-state index in [4.69, 9.17) is 19.9 Å². The molecular formula is C79H119N13O23S2. The lowest BCUT2D eigenvalue weighted by molar-refractivity contribution is -0.146. The van der Waals surface area contributed by atoms with Gasteiger partial charge in [0.25, 0.3) is 5.91 Å². The maximum atomic E-state index is 14.8. The van der Waals surface area contributed by atoms with Crippen LogP contribution >= 0.6 is 23.5 Å². The van der Waals surface area contributed by atoms with Crippen LogP contribution in [0.1, 0.15) is 140 Å². The Bertz CT molecular complexity index is 3580. The van der Waals surface area contributed by atoms with Gasteiger partial charge in [-0.3, -0.25) is 81.8 Å². The molecule has 10 amide bonds. The first kappa shape index (κ1) is 98.4. The van der Waals surface area contributed by atoms with Crippen molar-refractivity contribution in [3.63, 3.8) is 0 Å². The number of thioether (sulfide) groups is 2. The van der Waals surface area contributed by atoms with E-state index in [1.807, 2.05) is 31.2 Å². The highest BCUT2D eigenvalue weighted by Gasteiger charge is 2.43. The minimum atomic E-state index is -1.42. The van der Waals surface area contributed by atoms with Gasteiger partial charge in [-0.2, -0.15) is 23.5 Å². The van der Waals surface area contributed by atoms with E-state index < -0.39 is 144 Å². The van der Waals surface area contributed by atoms with E-state index in [1.165, 1.54) is 39.5 Å². The van der Waals surface area contributed by atoms with Crippen molar-refractivity contribution in [2.45, 2.75) is 184 Å². The second-order valence-electron chi connectivity index (χ2n) is 29.1. The normalized spacial score (nSPS) is 17.3. The summed E-state index contributed by atoms with van der Waals surface area (Å²) in [6.45, 7) is 9.15. The van der Waals surface area contributed by atoms with Gasteiger partial charge in [0.1, 0.15) is 42.3 Å². The SMILES string of the molecule is CCCC[C@H](NC(=O)CCC(=O)NCCCOCCOCCOCCCNC(=O)CCC(C(=O)O)N1CCN(CC(=O)O)CCN(CC(=O)O)CC1)C(=O)N=CC(CSCc1cccc(CSCC(NC(=O)[C@H](Cc2ccccc2)NC(=O)[C@H](CCC(=O)O)NC(=O)[C@@H](C)CC)C(=O)O)c1)C(=O)N1CCC[C@H]1C(=O)N1CCC[C@H]1C(N)=O. The number of carboxylic acid groups (broad SMARTS) is 5. The molecular weight excluding hydrogens is 1560 g/mol. The third kappa shape index (κ3) is 38.0. The van der Waals surface area contributed by atoms with Crippen LogP contribution in [0, 0.1) is 11.8 Å². The molecule has 13 N–H and O–H groups in total. The number of primary amides is 1. The van der Waals surface area contributed by atoms with Crippen molar-refractivity contribution in [3.8, 4) is 0 Å². The van der Waals surface area contributed by atoms with Crippen molar-refractivity contribution < 1.29 is 112 Å². The number of carboxylic acids is 5. The lowest BCUT2D eigenvalue weighted by Crippen LogP contribution is -2.57. The van der Waals surface area contributed by atoms with Crippen LogP contribution in [0.4, 0.5) is 0 Å².